The molecular formula is C32H40F3N5O3S. The number of carbonyl (C=O) groups is 1. The van der Waals surface area contributed by atoms with E-state index in [4.69, 9.17) is 14.6 Å². The van der Waals surface area contributed by atoms with Gasteiger partial charge in [0.1, 0.15) is 18.4 Å². The molecular weight excluding hydrogens is 591 g/mol. The van der Waals surface area contributed by atoms with Gasteiger partial charge in [0.2, 0.25) is 0 Å². The number of hydrogen-bond donors (Lipinski definition) is 3. The molecule has 0 bridgehead atoms. The molecule has 1 atom stereocenters. The molecule has 8 nitrogen and oxygen atoms in total. The highest BCUT2D eigenvalue weighted by atomic mass is 32.2. The van der Waals surface area contributed by atoms with Crippen LogP contribution in [0.5, 0.6) is 5.75 Å². The number of rotatable bonds is 11. The third-order valence-corrected chi connectivity index (χ3v) is 7.95. The topological polar surface area (TPSA) is 93.8 Å². The molecule has 1 aliphatic heterocycles. The third kappa shape index (κ3) is 9.00. The van der Waals surface area contributed by atoms with Crippen molar-refractivity contribution in [3.05, 3.63) is 48.2 Å². The van der Waals surface area contributed by atoms with Crippen LogP contribution in [0.1, 0.15) is 39.3 Å². The van der Waals surface area contributed by atoms with E-state index in [9.17, 15) is 18.0 Å². The summed E-state index contributed by atoms with van der Waals surface area (Å²) >= 11 is 1.10. The van der Waals surface area contributed by atoms with Gasteiger partial charge in [-0.25, -0.2) is 0 Å². The van der Waals surface area contributed by atoms with Crippen molar-refractivity contribution in [2.24, 2.45) is 11.1 Å². The number of nitrogens with one attached hydrogen (secondary N) is 2. The molecule has 1 saturated heterocycles. The van der Waals surface area contributed by atoms with Crippen LogP contribution >= 0.6 is 11.9 Å². The van der Waals surface area contributed by atoms with E-state index in [0.717, 1.165) is 48.5 Å². The first kappa shape index (κ1) is 33.4. The van der Waals surface area contributed by atoms with Crippen LogP contribution in [0, 0.1) is 17.8 Å². The first-order valence-electron chi connectivity index (χ1n) is 14.6. The highest BCUT2D eigenvalue weighted by Gasteiger charge is 2.30. The molecule has 1 unspecified atom stereocenters. The van der Waals surface area contributed by atoms with E-state index < -0.39 is 12.7 Å². The number of halogens is 3. The van der Waals surface area contributed by atoms with Crippen molar-refractivity contribution < 1.29 is 27.4 Å². The summed E-state index contributed by atoms with van der Waals surface area (Å²) in [7, 11) is 1.55. The Labute approximate surface area is 260 Å². The van der Waals surface area contributed by atoms with Crippen LogP contribution in [0.2, 0.25) is 0 Å². The highest BCUT2D eigenvalue weighted by molar-refractivity contribution is 7.97. The minimum atomic E-state index is -4.41. The van der Waals surface area contributed by atoms with E-state index in [1.54, 1.807) is 31.4 Å². The number of methoxy groups -OCH3 is 1. The van der Waals surface area contributed by atoms with Gasteiger partial charge in [-0.3, -0.25) is 14.8 Å². The predicted molar refractivity (Wildman–Crippen MR) is 170 cm³/mol. The Morgan fingerprint density at radius 3 is 2.55 bits per heavy atom. The van der Waals surface area contributed by atoms with Crippen molar-refractivity contribution in [1.29, 1.82) is 0 Å². The van der Waals surface area contributed by atoms with Gasteiger partial charge in [0.25, 0.3) is 0 Å². The molecule has 2 aromatic carbocycles. The predicted octanol–water partition coefficient (Wildman–Crippen LogP) is 6.11. The molecule has 238 valence electrons. The van der Waals surface area contributed by atoms with Crippen LogP contribution < -0.4 is 20.5 Å². The van der Waals surface area contributed by atoms with E-state index in [1.165, 1.54) is 4.57 Å². The second-order valence-electron chi connectivity index (χ2n) is 11.2. The van der Waals surface area contributed by atoms with Gasteiger partial charge >= 0.3 is 12.1 Å². The first-order chi connectivity index (χ1) is 21.0. The Hall–Kier alpha value is -3.53. The number of fused-ring (bicyclic) bond motifs is 1. The first-order valence-corrected chi connectivity index (χ1v) is 15.5. The Kier molecular flexibility index (Phi) is 11.4. The van der Waals surface area contributed by atoms with Gasteiger partial charge in [0, 0.05) is 41.6 Å². The SMILES string of the molecule is COc1cc(SN)ccc1NCC#Cc1cc2c(NC3CCN(CC(C)OC(=O)C(C)C)CC3)cccc2n1CC(F)(F)F. The normalized spacial score (nSPS) is 15.1. The van der Waals surface area contributed by atoms with Crippen molar-refractivity contribution in [3.63, 3.8) is 0 Å². The number of nitrogens with two attached hydrogens (primary N) is 1. The fourth-order valence-electron chi connectivity index (χ4n) is 5.24. The van der Waals surface area contributed by atoms with E-state index in [0.29, 0.717) is 28.9 Å². The molecule has 44 heavy (non-hydrogen) atoms. The van der Waals surface area contributed by atoms with Crippen LogP contribution in [0.3, 0.4) is 0 Å². The van der Waals surface area contributed by atoms with Crippen molar-refractivity contribution in [2.45, 2.75) is 63.4 Å². The summed E-state index contributed by atoms with van der Waals surface area (Å²) in [6, 6.07) is 12.7. The summed E-state index contributed by atoms with van der Waals surface area (Å²) in [6.07, 6.45) is -2.88. The smallest absolute Gasteiger partial charge is 0.406 e. The quantitative estimate of drug-likeness (QED) is 0.133. The van der Waals surface area contributed by atoms with Crippen molar-refractivity contribution in [1.82, 2.24) is 9.47 Å². The average Bonchev–Trinajstić information content (AvgIpc) is 3.32. The number of esters is 1. The molecule has 1 fully saturated rings. The van der Waals surface area contributed by atoms with Gasteiger partial charge in [0.05, 0.1) is 36.5 Å². The minimum Gasteiger partial charge on any atom is -0.495 e. The second kappa shape index (κ2) is 15.0. The van der Waals surface area contributed by atoms with E-state index in [1.807, 2.05) is 39.0 Å². The summed E-state index contributed by atoms with van der Waals surface area (Å²) in [6.45, 7) is 6.94. The molecule has 1 aromatic heterocycles. The maximum atomic E-state index is 13.6. The number of benzene rings is 2. The lowest BCUT2D eigenvalue weighted by Gasteiger charge is -2.34. The van der Waals surface area contributed by atoms with Crippen molar-refractivity contribution >= 4 is 40.2 Å². The van der Waals surface area contributed by atoms with Crippen LogP contribution in [0.4, 0.5) is 24.5 Å². The summed E-state index contributed by atoms with van der Waals surface area (Å²) in [5.74, 6) is 6.15. The molecule has 0 spiro atoms. The Morgan fingerprint density at radius 2 is 1.89 bits per heavy atom. The number of piperidine rings is 1. The number of nitrogens with zero attached hydrogens (tertiary/aromatic N) is 2. The minimum absolute atomic E-state index is 0.160. The van der Waals surface area contributed by atoms with Gasteiger partial charge in [-0.2, -0.15) is 13.2 Å². The number of anilines is 2. The number of carbonyl (C=O) groups excluding carboxylic acids is 1. The molecule has 3 aromatic rings. The molecule has 0 aliphatic carbocycles. The van der Waals surface area contributed by atoms with Crippen LogP contribution in [0.15, 0.2) is 47.4 Å². The summed E-state index contributed by atoms with van der Waals surface area (Å²) in [4.78, 5) is 15.0. The Morgan fingerprint density at radius 1 is 1.14 bits per heavy atom. The lowest BCUT2D eigenvalue weighted by molar-refractivity contribution is -0.153. The zero-order valence-electron chi connectivity index (χ0n) is 25.5. The fraction of sp³-hybridized carbons (Fsp3) is 0.469. The molecule has 0 amide bonds. The molecule has 1 aliphatic rings. The highest BCUT2D eigenvalue weighted by Crippen LogP contribution is 2.32. The fourth-order valence-corrected chi connectivity index (χ4v) is 5.57. The van der Waals surface area contributed by atoms with Crippen LogP contribution in [-0.2, 0) is 16.1 Å². The Balaban J connectivity index is 1.46. The maximum absolute atomic E-state index is 13.6. The van der Waals surface area contributed by atoms with E-state index >= 15 is 0 Å². The second-order valence-corrected chi connectivity index (χ2v) is 11.9. The number of aromatic nitrogens is 1. The number of hydrogen-bond acceptors (Lipinski definition) is 8. The molecule has 0 saturated carbocycles. The van der Waals surface area contributed by atoms with Crippen LogP contribution in [-0.4, -0.2) is 67.0 Å². The molecule has 0 radical (unpaired) electrons. The van der Waals surface area contributed by atoms with Crippen LogP contribution in [0.25, 0.3) is 10.9 Å². The zero-order chi connectivity index (χ0) is 31.9. The Bertz CT molecular complexity index is 1490. The molecule has 4 rings (SSSR count). The van der Waals surface area contributed by atoms with Gasteiger partial charge in [-0.1, -0.05) is 25.8 Å². The van der Waals surface area contributed by atoms with E-state index in [2.05, 4.69) is 27.4 Å². The summed E-state index contributed by atoms with van der Waals surface area (Å²) < 4.78 is 53.0. The number of alkyl halides is 3. The van der Waals surface area contributed by atoms with Gasteiger partial charge < -0.3 is 24.7 Å². The third-order valence-electron chi connectivity index (χ3n) is 7.43. The molecule has 12 heteroatoms. The molecule has 2 heterocycles. The van der Waals surface area contributed by atoms with Gasteiger partial charge in [0.15, 0.2) is 0 Å². The monoisotopic (exact) mass is 631 g/mol. The van der Waals surface area contributed by atoms with Crippen molar-refractivity contribution in [2.75, 3.05) is 43.9 Å². The number of likely N-dealkylation sites (tertiary alicyclic amines) is 1. The largest absolute Gasteiger partial charge is 0.495 e. The van der Waals surface area contributed by atoms with Gasteiger partial charge in [-0.15, -0.1) is 0 Å². The zero-order valence-corrected chi connectivity index (χ0v) is 26.3. The van der Waals surface area contributed by atoms with Crippen molar-refractivity contribution in [3.8, 4) is 17.6 Å². The maximum Gasteiger partial charge on any atom is 0.406 e. The number of ether oxygens (including phenoxy) is 2. The average molecular weight is 632 g/mol. The lowest BCUT2D eigenvalue weighted by Crippen LogP contribution is -2.43. The van der Waals surface area contributed by atoms with E-state index in [-0.39, 0.29) is 36.3 Å². The van der Waals surface area contributed by atoms with Gasteiger partial charge in [-0.05, 0) is 74.0 Å². The lowest BCUT2D eigenvalue weighted by atomic mass is 10.0. The standard InChI is InChI=1S/C32H40F3N5O3S/c1-21(2)31(41)43-22(3)19-39-15-12-23(13-16-39)38-27-8-5-9-29-26(27)17-24(40(29)20-32(33,34)35)7-6-14-37-28-11-10-25(44-36)18-30(28)42-4/h5,8-11,17-18,21-23,37-38H,12-16,19-20,36H2,1-4H3. The summed E-state index contributed by atoms with van der Waals surface area (Å²) in [5, 5.41) is 13.0. The summed E-state index contributed by atoms with van der Waals surface area (Å²) in [5.41, 5.74) is 2.25. The molecule has 4 N–H and O–H groups in total.